The van der Waals surface area contributed by atoms with Gasteiger partial charge in [-0.3, -0.25) is 0 Å². The molecule has 0 aromatic heterocycles. The lowest BCUT2D eigenvalue weighted by atomic mass is 10.4. The van der Waals surface area contributed by atoms with Crippen LogP contribution < -0.4 is 0 Å². The zero-order chi connectivity index (χ0) is 7.82. The Kier molecular flexibility index (Phi) is 6.61. The second kappa shape index (κ2) is 6.81. The van der Waals surface area contributed by atoms with Crippen LogP contribution in [0.5, 0.6) is 0 Å². The SMILES string of the molecule is Brc1ccccc1.CCC. The van der Waals surface area contributed by atoms with Gasteiger partial charge in [-0.05, 0) is 12.1 Å². The van der Waals surface area contributed by atoms with E-state index in [0.29, 0.717) is 0 Å². The summed E-state index contributed by atoms with van der Waals surface area (Å²) >= 11 is 3.31. The molecule has 0 fully saturated rings. The van der Waals surface area contributed by atoms with Gasteiger partial charge in [0, 0.05) is 4.47 Å². The van der Waals surface area contributed by atoms with Crippen molar-refractivity contribution in [2.75, 3.05) is 0 Å². The van der Waals surface area contributed by atoms with Crippen LogP contribution in [0.3, 0.4) is 0 Å². The summed E-state index contributed by atoms with van der Waals surface area (Å²) in [5, 5.41) is 0. The van der Waals surface area contributed by atoms with Gasteiger partial charge in [-0.15, -0.1) is 0 Å². The summed E-state index contributed by atoms with van der Waals surface area (Å²) in [4.78, 5) is 0. The molecular weight excluding hydrogens is 188 g/mol. The Hall–Kier alpha value is -0.300. The molecule has 1 heteroatoms. The predicted octanol–water partition coefficient (Wildman–Crippen LogP) is 3.87. The maximum atomic E-state index is 3.31. The van der Waals surface area contributed by atoms with E-state index in [9.17, 15) is 0 Å². The van der Waals surface area contributed by atoms with E-state index in [2.05, 4.69) is 29.8 Å². The van der Waals surface area contributed by atoms with Crippen LogP contribution >= 0.6 is 15.9 Å². The van der Waals surface area contributed by atoms with Gasteiger partial charge in [-0.2, -0.15) is 0 Å². The van der Waals surface area contributed by atoms with Crippen molar-refractivity contribution in [3.63, 3.8) is 0 Å². The van der Waals surface area contributed by atoms with E-state index in [-0.39, 0.29) is 0 Å². The third kappa shape index (κ3) is 5.83. The molecule has 1 aromatic carbocycles. The third-order valence-electron chi connectivity index (χ3n) is 0.733. The summed E-state index contributed by atoms with van der Waals surface area (Å²) < 4.78 is 1.13. The molecule has 0 atom stereocenters. The minimum Gasteiger partial charge on any atom is -0.0656 e. The molecule has 1 aromatic rings. The summed E-state index contributed by atoms with van der Waals surface area (Å²) in [5.41, 5.74) is 0. The summed E-state index contributed by atoms with van der Waals surface area (Å²) in [6, 6.07) is 9.97. The summed E-state index contributed by atoms with van der Waals surface area (Å²) in [7, 11) is 0. The van der Waals surface area contributed by atoms with Crippen molar-refractivity contribution in [2.24, 2.45) is 0 Å². The molecule has 0 saturated carbocycles. The second-order valence-electron chi connectivity index (χ2n) is 2.00. The molecule has 0 saturated heterocycles. The largest absolute Gasteiger partial charge is 0.0656 e. The second-order valence-corrected chi connectivity index (χ2v) is 2.92. The van der Waals surface area contributed by atoms with Gasteiger partial charge in [0.1, 0.15) is 0 Å². The molecular formula is C9H13Br. The molecule has 0 aliphatic heterocycles. The van der Waals surface area contributed by atoms with Gasteiger partial charge in [0.15, 0.2) is 0 Å². The van der Waals surface area contributed by atoms with Crippen LogP contribution in [-0.2, 0) is 0 Å². The topological polar surface area (TPSA) is 0 Å². The number of hydrogen-bond donors (Lipinski definition) is 0. The van der Waals surface area contributed by atoms with E-state index in [1.54, 1.807) is 0 Å². The lowest BCUT2D eigenvalue weighted by Gasteiger charge is -1.80. The van der Waals surface area contributed by atoms with Crippen molar-refractivity contribution in [3.05, 3.63) is 34.8 Å². The van der Waals surface area contributed by atoms with Gasteiger partial charge in [0.2, 0.25) is 0 Å². The monoisotopic (exact) mass is 200 g/mol. The minimum atomic E-state index is 1.13. The third-order valence-corrected chi connectivity index (χ3v) is 1.26. The molecule has 0 radical (unpaired) electrons. The Morgan fingerprint density at radius 2 is 1.50 bits per heavy atom. The van der Waals surface area contributed by atoms with E-state index < -0.39 is 0 Å². The van der Waals surface area contributed by atoms with Gasteiger partial charge in [-0.25, -0.2) is 0 Å². The van der Waals surface area contributed by atoms with Crippen LogP contribution in [0.4, 0.5) is 0 Å². The summed E-state index contributed by atoms with van der Waals surface area (Å²) in [6.45, 7) is 4.25. The van der Waals surface area contributed by atoms with Crippen LogP contribution in [0.25, 0.3) is 0 Å². The Labute approximate surface area is 71.4 Å². The molecule has 0 aliphatic rings. The molecule has 0 bridgehead atoms. The zero-order valence-electron chi connectivity index (χ0n) is 6.47. The van der Waals surface area contributed by atoms with Gasteiger partial charge >= 0.3 is 0 Å². The number of halogens is 1. The van der Waals surface area contributed by atoms with Gasteiger partial charge in [0.25, 0.3) is 0 Å². The Morgan fingerprint density at radius 1 is 1.10 bits per heavy atom. The number of rotatable bonds is 0. The molecule has 0 amide bonds. The first kappa shape index (κ1) is 9.70. The van der Waals surface area contributed by atoms with Gasteiger partial charge in [-0.1, -0.05) is 54.4 Å². The molecule has 0 nitrogen and oxygen atoms in total. The lowest BCUT2D eigenvalue weighted by Crippen LogP contribution is -1.55. The van der Waals surface area contributed by atoms with Crippen molar-refractivity contribution >= 4 is 15.9 Å². The normalized spacial score (nSPS) is 7.90. The highest BCUT2D eigenvalue weighted by Crippen LogP contribution is 2.05. The molecule has 0 N–H and O–H groups in total. The van der Waals surface area contributed by atoms with Crippen LogP contribution in [0, 0.1) is 0 Å². The highest BCUT2D eigenvalue weighted by molar-refractivity contribution is 9.10. The molecule has 0 unspecified atom stereocenters. The van der Waals surface area contributed by atoms with Crippen LogP contribution in [0.1, 0.15) is 20.3 Å². The molecule has 56 valence electrons. The lowest BCUT2D eigenvalue weighted by molar-refractivity contribution is 1.09. The quantitative estimate of drug-likeness (QED) is 0.597. The van der Waals surface area contributed by atoms with Crippen LogP contribution in [0.2, 0.25) is 0 Å². The smallest absolute Gasteiger partial charge is 0.0175 e. The first-order chi connectivity index (χ1) is 4.81. The van der Waals surface area contributed by atoms with Crippen molar-refractivity contribution in [2.45, 2.75) is 20.3 Å². The molecule has 1 rings (SSSR count). The Morgan fingerprint density at radius 3 is 1.70 bits per heavy atom. The fraction of sp³-hybridized carbons (Fsp3) is 0.333. The maximum absolute atomic E-state index is 3.31. The number of benzene rings is 1. The average molecular weight is 201 g/mol. The van der Waals surface area contributed by atoms with Crippen molar-refractivity contribution < 1.29 is 0 Å². The molecule has 0 spiro atoms. The van der Waals surface area contributed by atoms with E-state index in [1.807, 2.05) is 30.3 Å². The standard InChI is InChI=1S/C6H5Br.C3H8/c7-6-4-2-1-3-5-6;1-3-2/h1-5H;3H2,1-2H3. The molecule has 0 aliphatic carbocycles. The highest BCUT2D eigenvalue weighted by Gasteiger charge is 1.74. The predicted molar refractivity (Wildman–Crippen MR) is 50.1 cm³/mol. The first-order valence-electron chi connectivity index (χ1n) is 3.51. The summed E-state index contributed by atoms with van der Waals surface area (Å²) in [6.07, 6.45) is 1.25. The minimum absolute atomic E-state index is 1.13. The van der Waals surface area contributed by atoms with Crippen molar-refractivity contribution in [1.82, 2.24) is 0 Å². The zero-order valence-corrected chi connectivity index (χ0v) is 8.06. The first-order valence-corrected chi connectivity index (χ1v) is 4.31. The van der Waals surface area contributed by atoms with E-state index in [4.69, 9.17) is 0 Å². The van der Waals surface area contributed by atoms with E-state index in [0.717, 1.165) is 4.47 Å². The highest BCUT2D eigenvalue weighted by atomic mass is 79.9. The van der Waals surface area contributed by atoms with Gasteiger partial charge in [0.05, 0.1) is 0 Å². The van der Waals surface area contributed by atoms with Crippen molar-refractivity contribution in [1.29, 1.82) is 0 Å². The molecule has 0 heterocycles. The van der Waals surface area contributed by atoms with E-state index in [1.165, 1.54) is 6.42 Å². The number of hydrogen-bond acceptors (Lipinski definition) is 0. The van der Waals surface area contributed by atoms with Crippen molar-refractivity contribution in [3.8, 4) is 0 Å². The Balaban J connectivity index is 0.000000236. The molecule has 10 heavy (non-hydrogen) atoms. The van der Waals surface area contributed by atoms with Gasteiger partial charge < -0.3 is 0 Å². The Bertz CT molecular complexity index is 146. The van der Waals surface area contributed by atoms with E-state index >= 15 is 0 Å². The fourth-order valence-electron chi connectivity index (χ4n) is 0.415. The average Bonchev–Trinajstić information content (AvgIpc) is 1.91. The summed E-state index contributed by atoms with van der Waals surface area (Å²) in [5.74, 6) is 0. The fourth-order valence-corrected chi connectivity index (χ4v) is 0.720. The maximum Gasteiger partial charge on any atom is 0.0175 e. The van der Waals surface area contributed by atoms with Crippen LogP contribution in [0.15, 0.2) is 34.8 Å². The van der Waals surface area contributed by atoms with Crippen LogP contribution in [-0.4, -0.2) is 0 Å².